The standard InChI is InChI=1S/C14H13ClN2O3S/c15-11-3-1-2-10(8-11)4-5-12(18)16-6-7-17-13(19)9-21-14(17)20/h1-5,8H,6-7,9H2,(H,16,18)/b5-4+. The van der Waals surface area contributed by atoms with E-state index in [4.69, 9.17) is 11.6 Å². The van der Waals surface area contributed by atoms with E-state index in [2.05, 4.69) is 5.32 Å². The van der Waals surface area contributed by atoms with Crippen molar-refractivity contribution < 1.29 is 14.4 Å². The molecule has 5 nitrogen and oxygen atoms in total. The molecule has 1 aromatic rings. The molecule has 1 heterocycles. The van der Waals surface area contributed by atoms with Gasteiger partial charge in [0.1, 0.15) is 0 Å². The lowest BCUT2D eigenvalue weighted by atomic mass is 10.2. The van der Waals surface area contributed by atoms with E-state index in [9.17, 15) is 14.4 Å². The first-order valence-electron chi connectivity index (χ1n) is 6.25. The minimum Gasteiger partial charge on any atom is -0.351 e. The van der Waals surface area contributed by atoms with Crippen LogP contribution in [0, 0.1) is 0 Å². The molecule has 0 atom stereocenters. The third-order valence-corrected chi connectivity index (χ3v) is 3.84. The Morgan fingerprint density at radius 3 is 2.90 bits per heavy atom. The Morgan fingerprint density at radius 2 is 2.24 bits per heavy atom. The second kappa shape index (κ2) is 7.28. The summed E-state index contributed by atoms with van der Waals surface area (Å²) in [6.07, 6.45) is 3.03. The van der Waals surface area contributed by atoms with Crippen LogP contribution in [0.5, 0.6) is 0 Å². The third-order valence-electron chi connectivity index (χ3n) is 2.75. The van der Waals surface area contributed by atoms with Crippen LogP contribution in [0.1, 0.15) is 5.56 Å². The number of rotatable bonds is 5. The van der Waals surface area contributed by atoms with Gasteiger partial charge < -0.3 is 5.32 Å². The van der Waals surface area contributed by atoms with Gasteiger partial charge in [0.05, 0.1) is 5.75 Å². The lowest BCUT2D eigenvalue weighted by Crippen LogP contribution is -2.37. The SMILES string of the molecule is O=C(/C=C/c1cccc(Cl)c1)NCCN1C(=O)CSC1=O. The Balaban J connectivity index is 1.77. The highest BCUT2D eigenvalue weighted by Gasteiger charge is 2.29. The lowest BCUT2D eigenvalue weighted by molar-refractivity contribution is -0.125. The van der Waals surface area contributed by atoms with E-state index in [0.29, 0.717) is 5.02 Å². The molecule has 0 bridgehead atoms. The molecule has 1 N–H and O–H groups in total. The van der Waals surface area contributed by atoms with Crippen LogP contribution in [0.15, 0.2) is 30.3 Å². The molecule has 0 unspecified atom stereocenters. The zero-order valence-electron chi connectivity index (χ0n) is 11.0. The smallest absolute Gasteiger partial charge is 0.288 e. The summed E-state index contributed by atoms with van der Waals surface area (Å²) in [4.78, 5) is 35.4. The van der Waals surface area contributed by atoms with Gasteiger partial charge in [-0.2, -0.15) is 0 Å². The first kappa shape index (κ1) is 15.6. The second-order valence-electron chi connectivity index (χ2n) is 4.28. The fourth-order valence-electron chi connectivity index (χ4n) is 1.73. The number of hydrogen-bond acceptors (Lipinski definition) is 4. The van der Waals surface area contributed by atoms with Crippen LogP contribution in [-0.2, 0) is 9.59 Å². The van der Waals surface area contributed by atoms with E-state index in [1.54, 1.807) is 24.3 Å². The summed E-state index contributed by atoms with van der Waals surface area (Å²) in [6.45, 7) is 0.429. The molecule has 1 aliphatic rings. The first-order valence-corrected chi connectivity index (χ1v) is 7.61. The van der Waals surface area contributed by atoms with Crippen LogP contribution < -0.4 is 5.32 Å². The van der Waals surface area contributed by atoms with Gasteiger partial charge in [0, 0.05) is 24.2 Å². The number of nitrogens with zero attached hydrogens (tertiary/aromatic N) is 1. The molecule has 3 amide bonds. The highest BCUT2D eigenvalue weighted by molar-refractivity contribution is 8.14. The maximum absolute atomic E-state index is 11.6. The predicted molar refractivity (Wildman–Crippen MR) is 83.1 cm³/mol. The number of carbonyl (C=O) groups excluding carboxylic acids is 3. The molecule has 0 aromatic heterocycles. The number of amides is 3. The molecule has 110 valence electrons. The average molecular weight is 325 g/mol. The van der Waals surface area contributed by atoms with Gasteiger partial charge >= 0.3 is 0 Å². The normalized spacial score (nSPS) is 15.0. The highest BCUT2D eigenvalue weighted by atomic mass is 35.5. The van der Waals surface area contributed by atoms with Crippen molar-refractivity contribution in [3.05, 3.63) is 40.9 Å². The maximum Gasteiger partial charge on any atom is 0.288 e. The van der Waals surface area contributed by atoms with Crippen LogP contribution >= 0.6 is 23.4 Å². The Hall–Kier alpha value is -1.79. The second-order valence-corrected chi connectivity index (χ2v) is 5.64. The summed E-state index contributed by atoms with van der Waals surface area (Å²) in [5, 5.41) is 2.96. The van der Waals surface area contributed by atoms with E-state index in [1.807, 2.05) is 6.07 Å². The van der Waals surface area contributed by atoms with Crippen molar-refractivity contribution in [3.63, 3.8) is 0 Å². The van der Waals surface area contributed by atoms with Crippen molar-refractivity contribution in [2.45, 2.75) is 0 Å². The first-order chi connectivity index (χ1) is 10.1. The summed E-state index contributed by atoms with van der Waals surface area (Å²) in [7, 11) is 0. The Labute approximate surface area is 131 Å². The number of carbonyl (C=O) groups is 3. The van der Waals surface area contributed by atoms with Crippen molar-refractivity contribution >= 4 is 46.5 Å². The van der Waals surface area contributed by atoms with Crippen molar-refractivity contribution in [2.24, 2.45) is 0 Å². The van der Waals surface area contributed by atoms with Gasteiger partial charge in [-0.1, -0.05) is 35.5 Å². The van der Waals surface area contributed by atoms with Gasteiger partial charge in [0.2, 0.25) is 11.8 Å². The van der Waals surface area contributed by atoms with E-state index in [1.165, 1.54) is 6.08 Å². The Morgan fingerprint density at radius 1 is 1.43 bits per heavy atom. The molecule has 0 spiro atoms. The topological polar surface area (TPSA) is 66.5 Å². The molecule has 21 heavy (non-hydrogen) atoms. The molecule has 2 rings (SSSR count). The Kier molecular flexibility index (Phi) is 5.41. The quantitative estimate of drug-likeness (QED) is 0.843. The van der Waals surface area contributed by atoms with Gasteiger partial charge in [0.15, 0.2) is 0 Å². The van der Waals surface area contributed by atoms with Crippen LogP contribution in [0.25, 0.3) is 6.08 Å². The summed E-state index contributed by atoms with van der Waals surface area (Å²) in [5.74, 6) is -0.322. The molecule has 1 fully saturated rings. The third kappa shape index (κ3) is 4.61. The van der Waals surface area contributed by atoms with Crippen molar-refractivity contribution in [2.75, 3.05) is 18.8 Å². The lowest BCUT2D eigenvalue weighted by Gasteiger charge is -2.12. The molecule has 1 saturated heterocycles. The van der Waals surface area contributed by atoms with E-state index in [0.717, 1.165) is 22.2 Å². The molecule has 1 aliphatic heterocycles. The molecule has 0 aliphatic carbocycles. The molecule has 1 aromatic carbocycles. The van der Waals surface area contributed by atoms with E-state index < -0.39 is 0 Å². The Bertz CT molecular complexity index is 588. The summed E-state index contributed by atoms with van der Waals surface area (Å²) >= 11 is 6.82. The predicted octanol–water partition coefficient (Wildman–Crippen LogP) is 2.16. The molecular formula is C14H13ClN2O3S. The number of imide groups is 1. The summed E-state index contributed by atoms with van der Waals surface area (Å²) in [6, 6.07) is 7.11. The van der Waals surface area contributed by atoms with Gasteiger partial charge in [-0.15, -0.1) is 0 Å². The molecule has 7 heteroatoms. The zero-order chi connectivity index (χ0) is 15.2. The van der Waals surface area contributed by atoms with Crippen LogP contribution in [-0.4, -0.2) is 40.8 Å². The van der Waals surface area contributed by atoms with Crippen molar-refractivity contribution in [3.8, 4) is 0 Å². The van der Waals surface area contributed by atoms with Crippen molar-refractivity contribution in [1.82, 2.24) is 10.2 Å². The number of hydrogen-bond donors (Lipinski definition) is 1. The van der Waals surface area contributed by atoms with E-state index in [-0.39, 0.29) is 35.9 Å². The van der Waals surface area contributed by atoms with Gasteiger partial charge in [-0.3, -0.25) is 19.3 Å². The van der Waals surface area contributed by atoms with Crippen LogP contribution in [0.3, 0.4) is 0 Å². The molecular weight excluding hydrogens is 312 g/mol. The van der Waals surface area contributed by atoms with Gasteiger partial charge in [-0.05, 0) is 23.8 Å². The zero-order valence-corrected chi connectivity index (χ0v) is 12.6. The summed E-state index contributed by atoms with van der Waals surface area (Å²) in [5.41, 5.74) is 0.818. The highest BCUT2D eigenvalue weighted by Crippen LogP contribution is 2.17. The number of halogens is 1. The average Bonchev–Trinajstić information content (AvgIpc) is 2.77. The fourth-order valence-corrected chi connectivity index (χ4v) is 2.68. The largest absolute Gasteiger partial charge is 0.351 e. The maximum atomic E-state index is 11.6. The van der Waals surface area contributed by atoms with Gasteiger partial charge in [-0.25, -0.2) is 0 Å². The van der Waals surface area contributed by atoms with Crippen molar-refractivity contribution in [1.29, 1.82) is 0 Å². The molecule has 0 saturated carbocycles. The minimum absolute atomic E-state index is 0.182. The monoisotopic (exact) mass is 324 g/mol. The number of nitrogens with one attached hydrogen (secondary N) is 1. The molecule has 0 radical (unpaired) electrons. The summed E-state index contributed by atoms with van der Waals surface area (Å²) < 4.78 is 0. The number of thioether (sulfide) groups is 1. The minimum atomic E-state index is -0.290. The van der Waals surface area contributed by atoms with E-state index >= 15 is 0 Å². The van der Waals surface area contributed by atoms with Crippen LogP contribution in [0.4, 0.5) is 4.79 Å². The van der Waals surface area contributed by atoms with Gasteiger partial charge in [0.25, 0.3) is 5.24 Å². The number of benzene rings is 1. The fraction of sp³-hybridized carbons (Fsp3) is 0.214. The van der Waals surface area contributed by atoms with Crippen LogP contribution in [0.2, 0.25) is 5.02 Å².